The molecule has 0 aromatic heterocycles. The zero-order chi connectivity index (χ0) is 18.8. The SMILES string of the molecule is CCCCCCCCN=C1N=C(N)N(CCc2ccccc2)C(C)(C)N1. The van der Waals surface area contributed by atoms with Crippen LogP contribution >= 0.6 is 0 Å². The molecule has 0 saturated carbocycles. The summed E-state index contributed by atoms with van der Waals surface area (Å²) < 4.78 is 0. The van der Waals surface area contributed by atoms with Gasteiger partial charge in [-0.2, -0.15) is 4.99 Å². The van der Waals surface area contributed by atoms with Crippen LogP contribution in [0.1, 0.15) is 64.9 Å². The van der Waals surface area contributed by atoms with Gasteiger partial charge in [0.25, 0.3) is 0 Å². The molecule has 1 aliphatic heterocycles. The fourth-order valence-electron chi connectivity index (χ4n) is 3.26. The number of nitrogens with zero attached hydrogens (tertiary/aromatic N) is 3. The van der Waals surface area contributed by atoms with Crippen molar-refractivity contribution in [3.63, 3.8) is 0 Å². The van der Waals surface area contributed by atoms with Crippen molar-refractivity contribution in [1.82, 2.24) is 10.2 Å². The molecule has 144 valence electrons. The Morgan fingerprint density at radius 1 is 1.08 bits per heavy atom. The van der Waals surface area contributed by atoms with E-state index < -0.39 is 0 Å². The lowest BCUT2D eigenvalue weighted by atomic mass is 10.1. The summed E-state index contributed by atoms with van der Waals surface area (Å²) in [6.07, 6.45) is 8.55. The molecule has 0 unspecified atom stereocenters. The number of benzene rings is 1. The summed E-state index contributed by atoms with van der Waals surface area (Å²) >= 11 is 0. The molecule has 5 heteroatoms. The lowest BCUT2D eigenvalue weighted by molar-refractivity contribution is 0.187. The average molecular weight is 358 g/mol. The fourth-order valence-corrected chi connectivity index (χ4v) is 3.26. The zero-order valence-electron chi connectivity index (χ0n) is 16.7. The largest absolute Gasteiger partial charge is 0.369 e. The van der Waals surface area contributed by atoms with Gasteiger partial charge in [0, 0.05) is 13.1 Å². The van der Waals surface area contributed by atoms with E-state index in [4.69, 9.17) is 5.73 Å². The minimum absolute atomic E-state index is 0.291. The van der Waals surface area contributed by atoms with Crippen LogP contribution in [0.5, 0.6) is 0 Å². The third-order valence-electron chi connectivity index (χ3n) is 4.83. The Balaban J connectivity index is 1.85. The van der Waals surface area contributed by atoms with Crippen molar-refractivity contribution < 1.29 is 0 Å². The molecule has 1 aromatic rings. The standard InChI is InChI=1S/C21H35N5/c1-4-5-6-7-8-12-16-23-20-24-19(22)26(21(2,3)25-20)17-15-18-13-10-9-11-14-18/h9-11,13-14H,4-8,12,15-17H2,1-3H3,(H3,22,23,24,25). The van der Waals surface area contributed by atoms with Crippen molar-refractivity contribution in [2.75, 3.05) is 13.1 Å². The molecule has 1 heterocycles. The van der Waals surface area contributed by atoms with Crippen LogP contribution in [0.15, 0.2) is 40.3 Å². The summed E-state index contributed by atoms with van der Waals surface area (Å²) in [5.41, 5.74) is 7.26. The summed E-state index contributed by atoms with van der Waals surface area (Å²) in [7, 11) is 0. The molecule has 0 spiro atoms. The van der Waals surface area contributed by atoms with Gasteiger partial charge in [0.15, 0.2) is 0 Å². The minimum atomic E-state index is -0.291. The summed E-state index contributed by atoms with van der Waals surface area (Å²) in [6, 6.07) is 10.5. The highest BCUT2D eigenvalue weighted by atomic mass is 15.4. The highest BCUT2D eigenvalue weighted by Crippen LogP contribution is 2.16. The molecule has 0 fully saturated rings. The Morgan fingerprint density at radius 3 is 2.46 bits per heavy atom. The van der Waals surface area contributed by atoms with Crippen LogP contribution in [0.4, 0.5) is 0 Å². The van der Waals surface area contributed by atoms with E-state index in [0.29, 0.717) is 11.9 Å². The van der Waals surface area contributed by atoms with Crippen molar-refractivity contribution in [1.29, 1.82) is 0 Å². The van der Waals surface area contributed by atoms with E-state index >= 15 is 0 Å². The molecule has 0 amide bonds. The van der Waals surface area contributed by atoms with Crippen LogP contribution in [0.2, 0.25) is 0 Å². The number of guanidine groups is 2. The number of rotatable bonds is 10. The molecule has 0 saturated heterocycles. The molecule has 0 aliphatic carbocycles. The van der Waals surface area contributed by atoms with Crippen molar-refractivity contribution in [2.24, 2.45) is 15.7 Å². The van der Waals surface area contributed by atoms with E-state index in [1.165, 1.54) is 37.7 Å². The summed E-state index contributed by atoms with van der Waals surface area (Å²) in [6.45, 7) is 8.13. The van der Waals surface area contributed by atoms with Crippen molar-refractivity contribution in [2.45, 2.75) is 71.4 Å². The quantitative estimate of drug-likeness (QED) is 0.624. The van der Waals surface area contributed by atoms with Crippen LogP contribution in [-0.2, 0) is 6.42 Å². The predicted molar refractivity (Wildman–Crippen MR) is 111 cm³/mol. The third-order valence-corrected chi connectivity index (χ3v) is 4.83. The van der Waals surface area contributed by atoms with Gasteiger partial charge in [-0.25, -0.2) is 0 Å². The maximum Gasteiger partial charge on any atom is 0.223 e. The van der Waals surface area contributed by atoms with Gasteiger partial charge in [0.05, 0.1) is 0 Å². The summed E-state index contributed by atoms with van der Waals surface area (Å²) in [4.78, 5) is 11.2. The Bertz CT molecular complexity index is 592. The molecule has 3 N–H and O–H groups in total. The molecular formula is C21H35N5. The van der Waals surface area contributed by atoms with Crippen molar-refractivity contribution in [3.05, 3.63) is 35.9 Å². The summed E-state index contributed by atoms with van der Waals surface area (Å²) in [5, 5.41) is 3.43. The first kappa shape index (κ1) is 20.3. The monoisotopic (exact) mass is 357 g/mol. The van der Waals surface area contributed by atoms with Crippen LogP contribution < -0.4 is 11.1 Å². The van der Waals surface area contributed by atoms with Crippen LogP contribution in [0.25, 0.3) is 0 Å². The fraction of sp³-hybridized carbons (Fsp3) is 0.619. The van der Waals surface area contributed by atoms with Gasteiger partial charge in [-0.1, -0.05) is 69.4 Å². The van der Waals surface area contributed by atoms with Gasteiger partial charge >= 0.3 is 0 Å². The Labute approximate surface area is 158 Å². The van der Waals surface area contributed by atoms with Crippen molar-refractivity contribution in [3.8, 4) is 0 Å². The molecule has 2 rings (SSSR count). The first-order chi connectivity index (χ1) is 12.5. The van der Waals surface area contributed by atoms with Crippen LogP contribution in [0.3, 0.4) is 0 Å². The van der Waals surface area contributed by atoms with E-state index in [9.17, 15) is 0 Å². The van der Waals surface area contributed by atoms with E-state index in [1.807, 2.05) is 6.07 Å². The van der Waals surface area contributed by atoms with Crippen LogP contribution in [-0.4, -0.2) is 35.6 Å². The molecule has 0 radical (unpaired) electrons. The van der Waals surface area contributed by atoms with E-state index in [1.54, 1.807) is 0 Å². The van der Waals surface area contributed by atoms with Gasteiger partial charge in [-0.15, -0.1) is 0 Å². The van der Waals surface area contributed by atoms with Gasteiger partial charge in [-0.3, -0.25) is 4.99 Å². The van der Waals surface area contributed by atoms with Gasteiger partial charge < -0.3 is 16.0 Å². The molecule has 0 bridgehead atoms. The molecule has 0 atom stereocenters. The Kier molecular flexibility index (Phi) is 7.95. The molecule has 26 heavy (non-hydrogen) atoms. The highest BCUT2D eigenvalue weighted by molar-refractivity contribution is 5.97. The molecule has 5 nitrogen and oxygen atoms in total. The van der Waals surface area contributed by atoms with Crippen molar-refractivity contribution >= 4 is 11.9 Å². The maximum absolute atomic E-state index is 6.25. The molecule has 1 aliphatic rings. The van der Waals surface area contributed by atoms with Gasteiger partial charge in [-0.05, 0) is 32.3 Å². The highest BCUT2D eigenvalue weighted by Gasteiger charge is 2.32. The normalized spacial score (nSPS) is 17.9. The number of nitrogens with one attached hydrogen (secondary N) is 1. The topological polar surface area (TPSA) is 66.0 Å². The lowest BCUT2D eigenvalue weighted by Crippen LogP contribution is -2.64. The number of nitrogens with two attached hydrogens (primary N) is 1. The predicted octanol–water partition coefficient (Wildman–Crippen LogP) is 3.90. The Hall–Kier alpha value is -2.04. The van der Waals surface area contributed by atoms with E-state index in [0.717, 1.165) is 25.9 Å². The number of hydrogen-bond donors (Lipinski definition) is 2. The van der Waals surface area contributed by atoms with Crippen LogP contribution in [0, 0.1) is 0 Å². The zero-order valence-corrected chi connectivity index (χ0v) is 16.7. The number of unbranched alkanes of at least 4 members (excludes halogenated alkanes) is 5. The third kappa shape index (κ3) is 6.36. The first-order valence-electron chi connectivity index (χ1n) is 10.0. The van der Waals surface area contributed by atoms with E-state index in [-0.39, 0.29) is 5.66 Å². The second kappa shape index (κ2) is 10.2. The lowest BCUT2D eigenvalue weighted by Gasteiger charge is -2.43. The first-order valence-corrected chi connectivity index (χ1v) is 10.0. The maximum atomic E-state index is 6.25. The van der Waals surface area contributed by atoms with Gasteiger partial charge in [0.1, 0.15) is 5.66 Å². The van der Waals surface area contributed by atoms with Gasteiger partial charge in [0.2, 0.25) is 11.9 Å². The van der Waals surface area contributed by atoms with E-state index in [2.05, 4.69) is 65.2 Å². The second-order valence-electron chi connectivity index (χ2n) is 7.51. The molecule has 1 aromatic carbocycles. The molecular weight excluding hydrogens is 322 g/mol. The number of hydrogen-bond acceptors (Lipinski definition) is 3. The average Bonchev–Trinajstić information content (AvgIpc) is 2.60. The summed E-state index contributed by atoms with van der Waals surface area (Å²) in [5.74, 6) is 1.21. The number of aliphatic imine (C=N–C) groups is 2. The Morgan fingerprint density at radius 2 is 1.77 bits per heavy atom. The minimum Gasteiger partial charge on any atom is -0.369 e. The smallest absolute Gasteiger partial charge is 0.223 e. The second-order valence-corrected chi connectivity index (χ2v) is 7.51.